The first-order valence-corrected chi connectivity index (χ1v) is 11.0. The van der Waals surface area contributed by atoms with Gasteiger partial charge in [0, 0.05) is 36.1 Å². The van der Waals surface area contributed by atoms with E-state index in [1.165, 1.54) is 16.9 Å². The normalized spacial score (nSPS) is 13.8. The second-order valence-corrected chi connectivity index (χ2v) is 8.01. The molecule has 0 saturated heterocycles. The summed E-state index contributed by atoms with van der Waals surface area (Å²) in [5.74, 6) is -0.00828. The molecule has 2 heterocycles. The van der Waals surface area contributed by atoms with E-state index >= 15 is 0 Å². The van der Waals surface area contributed by atoms with E-state index in [4.69, 9.17) is 0 Å². The second-order valence-electron chi connectivity index (χ2n) is 8.01. The summed E-state index contributed by atoms with van der Waals surface area (Å²) in [4.78, 5) is 29.2. The average Bonchev–Trinajstić information content (AvgIpc) is 3.49. The maximum Gasteiger partial charge on any atom is 0.342 e. The number of nitrogens with one attached hydrogen (secondary N) is 2. The third kappa shape index (κ3) is 4.64. The second kappa shape index (κ2) is 9.64. The number of rotatable bonds is 6. The molecule has 1 saturated carbocycles. The number of hydrogen-bond acceptors (Lipinski definition) is 5. The van der Waals surface area contributed by atoms with E-state index in [-0.39, 0.29) is 23.6 Å². The lowest BCUT2D eigenvalue weighted by Gasteiger charge is -2.11. The van der Waals surface area contributed by atoms with Gasteiger partial charge >= 0.3 is 6.03 Å². The minimum absolute atomic E-state index is 0.0287. The van der Waals surface area contributed by atoms with Crippen molar-refractivity contribution in [3.8, 4) is 17.0 Å². The maximum atomic E-state index is 12.7. The highest BCUT2D eigenvalue weighted by molar-refractivity contribution is 6.04. The van der Waals surface area contributed by atoms with Gasteiger partial charge in [-0.25, -0.2) is 4.79 Å². The van der Waals surface area contributed by atoms with Gasteiger partial charge in [-0.3, -0.25) is 9.78 Å². The van der Waals surface area contributed by atoms with Gasteiger partial charge in [-0.2, -0.15) is 9.78 Å². The van der Waals surface area contributed by atoms with E-state index in [1.807, 2.05) is 13.0 Å². The van der Waals surface area contributed by atoms with Crippen molar-refractivity contribution in [1.29, 1.82) is 0 Å². The Labute approximate surface area is 186 Å². The Morgan fingerprint density at radius 3 is 2.72 bits per heavy atom. The van der Waals surface area contributed by atoms with Crippen LogP contribution in [0.4, 0.5) is 10.5 Å². The molecule has 1 aromatic carbocycles. The Morgan fingerprint density at radius 1 is 1.19 bits per heavy atom. The Balaban J connectivity index is 1.65. The highest BCUT2D eigenvalue weighted by atomic mass is 16.3. The van der Waals surface area contributed by atoms with Crippen molar-refractivity contribution >= 4 is 17.6 Å². The van der Waals surface area contributed by atoms with Crippen molar-refractivity contribution in [3.63, 3.8) is 0 Å². The van der Waals surface area contributed by atoms with Crippen molar-refractivity contribution in [2.75, 3.05) is 11.9 Å². The van der Waals surface area contributed by atoms with Crippen molar-refractivity contribution in [2.24, 2.45) is 0 Å². The Hall–Kier alpha value is -3.68. The first-order valence-electron chi connectivity index (χ1n) is 11.0. The number of aromatic hydroxyl groups is 1. The number of phenolic OH excluding ortho intramolecular Hbond substituents is 1. The summed E-state index contributed by atoms with van der Waals surface area (Å²) >= 11 is 0. The number of phenols is 1. The van der Waals surface area contributed by atoms with Gasteiger partial charge in [0.05, 0.1) is 17.0 Å². The minimum Gasteiger partial charge on any atom is -0.507 e. The standard InChI is InChI=1S/C24H27N5O3/c1-2-11-26-24(32)29-21(16-6-3-4-7-16)14-20(28-29)19-13-18(9-10-22(19)30)27-23(31)17-8-5-12-25-15-17/h5,8-10,12-16,30H,2-4,6-7,11H2,1H3,(H,26,32)(H,27,31). The zero-order valence-electron chi connectivity index (χ0n) is 18.0. The first-order chi connectivity index (χ1) is 15.6. The van der Waals surface area contributed by atoms with Gasteiger partial charge < -0.3 is 15.7 Å². The third-order valence-electron chi connectivity index (χ3n) is 5.68. The number of carbonyl (C=O) groups excluding carboxylic acids is 2. The summed E-state index contributed by atoms with van der Waals surface area (Å²) in [5.41, 5.74) is 2.75. The van der Waals surface area contributed by atoms with Gasteiger partial charge in [-0.1, -0.05) is 19.8 Å². The molecule has 4 rings (SSSR count). The number of benzene rings is 1. The van der Waals surface area contributed by atoms with Crippen LogP contribution in [0.15, 0.2) is 48.8 Å². The van der Waals surface area contributed by atoms with Gasteiger partial charge in [-0.15, -0.1) is 0 Å². The molecule has 2 amide bonds. The summed E-state index contributed by atoms with van der Waals surface area (Å²) in [6, 6.07) is 9.78. The summed E-state index contributed by atoms with van der Waals surface area (Å²) in [6.07, 6.45) is 8.20. The number of amides is 2. The fraction of sp³-hybridized carbons (Fsp3) is 0.333. The van der Waals surface area contributed by atoms with Crippen LogP contribution in [0.5, 0.6) is 5.75 Å². The van der Waals surface area contributed by atoms with Crippen LogP contribution in [-0.2, 0) is 0 Å². The molecule has 8 heteroatoms. The quantitative estimate of drug-likeness (QED) is 0.495. The van der Waals surface area contributed by atoms with Crippen LogP contribution < -0.4 is 10.6 Å². The molecular formula is C24H27N5O3. The fourth-order valence-corrected chi connectivity index (χ4v) is 4.03. The summed E-state index contributed by atoms with van der Waals surface area (Å²) < 4.78 is 1.43. The number of carbonyl (C=O) groups is 2. The molecule has 0 spiro atoms. The largest absolute Gasteiger partial charge is 0.507 e. The molecule has 2 aromatic heterocycles. The Bertz CT molecular complexity index is 1100. The molecular weight excluding hydrogens is 406 g/mol. The number of aromatic nitrogens is 3. The highest BCUT2D eigenvalue weighted by Gasteiger charge is 2.26. The molecule has 166 valence electrons. The molecule has 8 nitrogen and oxygen atoms in total. The van der Waals surface area contributed by atoms with Crippen LogP contribution >= 0.6 is 0 Å². The summed E-state index contributed by atoms with van der Waals surface area (Å²) in [6.45, 7) is 2.56. The van der Waals surface area contributed by atoms with Crippen LogP contribution in [0, 0.1) is 0 Å². The van der Waals surface area contributed by atoms with Crippen molar-refractivity contribution < 1.29 is 14.7 Å². The van der Waals surface area contributed by atoms with Crippen LogP contribution in [0.2, 0.25) is 0 Å². The number of nitrogens with zero attached hydrogens (tertiary/aromatic N) is 3. The molecule has 1 aliphatic rings. The molecule has 1 aliphatic carbocycles. The molecule has 0 unspecified atom stereocenters. The van der Waals surface area contributed by atoms with E-state index in [2.05, 4.69) is 20.7 Å². The lowest BCUT2D eigenvalue weighted by atomic mass is 10.0. The SMILES string of the molecule is CCCNC(=O)n1nc(-c2cc(NC(=O)c3cccnc3)ccc2O)cc1C1CCCC1. The third-order valence-corrected chi connectivity index (χ3v) is 5.68. The maximum absolute atomic E-state index is 12.7. The number of anilines is 1. The predicted octanol–water partition coefficient (Wildman–Crippen LogP) is 4.53. The highest BCUT2D eigenvalue weighted by Crippen LogP contribution is 2.38. The Kier molecular flexibility index (Phi) is 6.49. The summed E-state index contributed by atoms with van der Waals surface area (Å²) in [5, 5.41) is 20.8. The monoisotopic (exact) mass is 433 g/mol. The molecule has 0 radical (unpaired) electrons. The van der Waals surface area contributed by atoms with Crippen LogP contribution in [0.1, 0.15) is 61.0 Å². The molecule has 0 bridgehead atoms. The minimum atomic E-state index is -0.300. The van der Waals surface area contributed by atoms with Gasteiger partial charge in [0.2, 0.25) is 0 Å². The molecule has 0 atom stereocenters. The van der Waals surface area contributed by atoms with Gasteiger partial charge in [0.15, 0.2) is 0 Å². The fourth-order valence-electron chi connectivity index (χ4n) is 4.03. The molecule has 0 aliphatic heterocycles. The predicted molar refractivity (Wildman–Crippen MR) is 122 cm³/mol. The van der Waals surface area contributed by atoms with E-state index in [0.717, 1.165) is 37.8 Å². The Morgan fingerprint density at radius 2 is 2.00 bits per heavy atom. The molecule has 3 N–H and O–H groups in total. The van der Waals surface area contributed by atoms with Gasteiger partial charge in [0.1, 0.15) is 5.75 Å². The first kappa shape index (κ1) is 21.5. The van der Waals surface area contributed by atoms with E-state index in [0.29, 0.717) is 29.1 Å². The lowest BCUT2D eigenvalue weighted by molar-refractivity contribution is 0.102. The van der Waals surface area contributed by atoms with E-state index < -0.39 is 0 Å². The van der Waals surface area contributed by atoms with Crippen LogP contribution in [0.25, 0.3) is 11.3 Å². The van der Waals surface area contributed by atoms with Gasteiger partial charge in [0.25, 0.3) is 5.91 Å². The molecule has 3 aromatic rings. The number of pyridine rings is 1. The summed E-state index contributed by atoms with van der Waals surface area (Å²) in [7, 11) is 0. The van der Waals surface area contributed by atoms with Crippen LogP contribution in [0.3, 0.4) is 0 Å². The van der Waals surface area contributed by atoms with E-state index in [9.17, 15) is 14.7 Å². The van der Waals surface area contributed by atoms with E-state index in [1.54, 1.807) is 30.5 Å². The molecule has 32 heavy (non-hydrogen) atoms. The average molecular weight is 434 g/mol. The van der Waals surface area contributed by atoms with Crippen molar-refractivity contribution in [2.45, 2.75) is 44.9 Å². The van der Waals surface area contributed by atoms with Crippen molar-refractivity contribution in [1.82, 2.24) is 20.1 Å². The van der Waals surface area contributed by atoms with Gasteiger partial charge in [-0.05, 0) is 55.7 Å². The van der Waals surface area contributed by atoms with Crippen LogP contribution in [-0.4, -0.2) is 38.4 Å². The zero-order chi connectivity index (χ0) is 22.5. The number of hydrogen-bond donors (Lipinski definition) is 3. The molecule has 1 fully saturated rings. The smallest absolute Gasteiger partial charge is 0.342 e. The zero-order valence-corrected chi connectivity index (χ0v) is 18.0. The van der Waals surface area contributed by atoms with Crippen molar-refractivity contribution in [3.05, 3.63) is 60.0 Å². The topological polar surface area (TPSA) is 109 Å². The lowest BCUT2D eigenvalue weighted by Crippen LogP contribution is -2.31.